The van der Waals surface area contributed by atoms with Gasteiger partial charge in [0.05, 0.1) is 4.92 Å². The number of para-hydroxylation sites is 3. The van der Waals surface area contributed by atoms with Crippen LogP contribution in [0.3, 0.4) is 0 Å². The third kappa shape index (κ3) is 4.44. The van der Waals surface area contributed by atoms with E-state index in [1.165, 1.54) is 18.2 Å². The quantitative estimate of drug-likeness (QED) is 0.486. The molecule has 0 aromatic heterocycles. The Morgan fingerprint density at radius 3 is 2.61 bits per heavy atom. The molecule has 0 aliphatic carbocycles. The maximum atomic E-state index is 11.8. The largest absolute Gasteiger partial charge is 0.473 e. The zero-order chi connectivity index (χ0) is 16.7. The van der Waals surface area contributed by atoms with Crippen molar-refractivity contribution in [3.63, 3.8) is 0 Å². The van der Waals surface area contributed by atoms with Crippen molar-refractivity contribution < 1.29 is 14.5 Å². The molecule has 2 rings (SSSR count). The van der Waals surface area contributed by atoms with Gasteiger partial charge in [-0.25, -0.2) is 4.79 Å². The SMILES string of the molecule is CCc1ccccc1OCNC(=O)Nc1ccccc1[N+](=O)[O-]. The monoisotopic (exact) mass is 315 g/mol. The molecule has 2 aromatic carbocycles. The van der Waals surface area contributed by atoms with Crippen molar-refractivity contribution in [3.05, 3.63) is 64.2 Å². The average molecular weight is 315 g/mol. The fourth-order valence-electron chi connectivity index (χ4n) is 2.02. The summed E-state index contributed by atoms with van der Waals surface area (Å²) in [4.78, 5) is 22.1. The van der Waals surface area contributed by atoms with Crippen LogP contribution in [0.15, 0.2) is 48.5 Å². The minimum absolute atomic E-state index is 0.0382. The van der Waals surface area contributed by atoms with E-state index < -0.39 is 11.0 Å². The van der Waals surface area contributed by atoms with E-state index in [1.54, 1.807) is 6.07 Å². The molecule has 120 valence electrons. The van der Waals surface area contributed by atoms with Gasteiger partial charge in [-0.3, -0.25) is 10.1 Å². The first kappa shape index (κ1) is 16.3. The molecule has 0 bridgehead atoms. The van der Waals surface area contributed by atoms with E-state index in [0.29, 0.717) is 5.75 Å². The zero-order valence-corrected chi connectivity index (χ0v) is 12.6. The lowest BCUT2D eigenvalue weighted by atomic mass is 10.1. The number of hydrogen-bond acceptors (Lipinski definition) is 4. The second-order valence-corrected chi connectivity index (χ2v) is 4.66. The Balaban J connectivity index is 1.90. The van der Waals surface area contributed by atoms with Gasteiger partial charge in [-0.2, -0.15) is 0 Å². The van der Waals surface area contributed by atoms with Gasteiger partial charge >= 0.3 is 6.03 Å². The fourth-order valence-corrected chi connectivity index (χ4v) is 2.02. The standard InChI is InChI=1S/C16H17N3O4/c1-2-12-7-3-6-10-15(12)23-11-17-16(20)18-13-8-4-5-9-14(13)19(21)22/h3-10H,2,11H2,1H3,(H2,17,18,20). The number of benzene rings is 2. The molecule has 2 amide bonds. The Morgan fingerprint density at radius 2 is 1.87 bits per heavy atom. The van der Waals surface area contributed by atoms with Gasteiger partial charge in [-0.1, -0.05) is 37.3 Å². The van der Waals surface area contributed by atoms with Crippen molar-refractivity contribution in [2.24, 2.45) is 0 Å². The van der Waals surface area contributed by atoms with Crippen LogP contribution in [0.2, 0.25) is 0 Å². The van der Waals surface area contributed by atoms with Crippen LogP contribution in [0.5, 0.6) is 5.75 Å². The number of nitro benzene ring substituents is 1. The van der Waals surface area contributed by atoms with Crippen molar-refractivity contribution in [1.82, 2.24) is 5.32 Å². The summed E-state index contributed by atoms with van der Waals surface area (Å²) in [5.74, 6) is 0.695. The smallest absolute Gasteiger partial charge is 0.322 e. The Kier molecular flexibility index (Phi) is 5.51. The number of aryl methyl sites for hydroxylation is 1. The molecule has 0 heterocycles. The van der Waals surface area contributed by atoms with Crippen molar-refractivity contribution in [2.45, 2.75) is 13.3 Å². The zero-order valence-electron chi connectivity index (χ0n) is 12.6. The predicted octanol–water partition coefficient (Wildman–Crippen LogP) is 3.32. The molecule has 0 saturated heterocycles. The summed E-state index contributed by atoms with van der Waals surface area (Å²) in [5.41, 5.74) is 0.997. The van der Waals surface area contributed by atoms with E-state index in [-0.39, 0.29) is 18.1 Å². The number of carbonyl (C=O) groups is 1. The number of ether oxygens (including phenoxy) is 1. The second-order valence-electron chi connectivity index (χ2n) is 4.66. The third-order valence-corrected chi connectivity index (χ3v) is 3.16. The van der Waals surface area contributed by atoms with Crippen molar-refractivity contribution in [3.8, 4) is 5.75 Å². The summed E-state index contributed by atoms with van der Waals surface area (Å²) in [6.07, 6.45) is 0.818. The number of anilines is 1. The Bertz CT molecular complexity index is 703. The number of nitrogens with one attached hydrogen (secondary N) is 2. The summed E-state index contributed by atoms with van der Waals surface area (Å²) in [6.45, 7) is 1.97. The number of amides is 2. The van der Waals surface area contributed by atoms with Crippen LogP contribution in [0, 0.1) is 10.1 Å². The number of rotatable bonds is 6. The second kappa shape index (κ2) is 7.79. The van der Waals surface area contributed by atoms with E-state index in [4.69, 9.17) is 4.74 Å². The van der Waals surface area contributed by atoms with Crippen molar-refractivity contribution in [2.75, 3.05) is 12.0 Å². The molecule has 2 aromatic rings. The molecule has 0 aliphatic heterocycles. The molecule has 7 nitrogen and oxygen atoms in total. The van der Waals surface area contributed by atoms with Crippen LogP contribution >= 0.6 is 0 Å². The number of nitro groups is 1. The van der Waals surface area contributed by atoms with Crippen LogP contribution in [0.4, 0.5) is 16.2 Å². The first-order valence-electron chi connectivity index (χ1n) is 7.10. The number of hydrogen-bond donors (Lipinski definition) is 2. The van der Waals surface area contributed by atoms with Gasteiger partial charge < -0.3 is 15.4 Å². The van der Waals surface area contributed by atoms with Crippen molar-refractivity contribution >= 4 is 17.4 Å². The van der Waals surface area contributed by atoms with E-state index >= 15 is 0 Å². The highest BCUT2D eigenvalue weighted by Crippen LogP contribution is 2.23. The normalized spacial score (nSPS) is 9.96. The topological polar surface area (TPSA) is 93.5 Å². The third-order valence-electron chi connectivity index (χ3n) is 3.16. The summed E-state index contributed by atoms with van der Waals surface area (Å²) in [6, 6.07) is 12.9. The molecular weight excluding hydrogens is 298 g/mol. The lowest BCUT2D eigenvalue weighted by Gasteiger charge is -2.11. The van der Waals surface area contributed by atoms with Crippen molar-refractivity contribution in [1.29, 1.82) is 0 Å². The van der Waals surface area contributed by atoms with Gasteiger partial charge in [-0.15, -0.1) is 0 Å². The highest BCUT2D eigenvalue weighted by molar-refractivity contribution is 5.91. The molecule has 23 heavy (non-hydrogen) atoms. The van der Waals surface area contributed by atoms with E-state index in [1.807, 2.05) is 31.2 Å². The van der Waals surface area contributed by atoms with E-state index in [2.05, 4.69) is 10.6 Å². The maximum Gasteiger partial charge on any atom is 0.322 e. The Labute approximate surface area is 133 Å². The van der Waals surface area contributed by atoms with E-state index in [0.717, 1.165) is 12.0 Å². The molecule has 0 atom stereocenters. The minimum Gasteiger partial charge on any atom is -0.473 e. The Morgan fingerprint density at radius 1 is 1.17 bits per heavy atom. The van der Waals surface area contributed by atoms with Gasteiger partial charge in [0.1, 0.15) is 11.4 Å². The molecule has 0 unspecified atom stereocenters. The average Bonchev–Trinajstić information content (AvgIpc) is 2.55. The van der Waals surface area contributed by atoms with Crippen LogP contribution in [0.25, 0.3) is 0 Å². The molecule has 0 aliphatic rings. The molecule has 2 N–H and O–H groups in total. The lowest BCUT2D eigenvalue weighted by molar-refractivity contribution is -0.383. The molecule has 0 spiro atoms. The number of carbonyl (C=O) groups excluding carboxylic acids is 1. The van der Waals surface area contributed by atoms with E-state index in [9.17, 15) is 14.9 Å². The van der Waals surface area contributed by atoms with Crippen LogP contribution in [-0.2, 0) is 6.42 Å². The molecule has 0 saturated carbocycles. The molecule has 0 radical (unpaired) electrons. The summed E-state index contributed by atoms with van der Waals surface area (Å²) in [5, 5.41) is 15.8. The maximum absolute atomic E-state index is 11.8. The highest BCUT2D eigenvalue weighted by Gasteiger charge is 2.14. The van der Waals surface area contributed by atoms with Crippen LogP contribution < -0.4 is 15.4 Å². The first-order chi connectivity index (χ1) is 11.1. The molecular formula is C16H17N3O4. The molecule has 7 heteroatoms. The predicted molar refractivity (Wildman–Crippen MR) is 86.6 cm³/mol. The van der Waals surface area contributed by atoms with Gasteiger partial charge in [0, 0.05) is 6.07 Å². The Hall–Kier alpha value is -3.09. The van der Waals surface area contributed by atoms with Gasteiger partial charge in [-0.05, 0) is 24.1 Å². The summed E-state index contributed by atoms with van der Waals surface area (Å²) >= 11 is 0. The number of urea groups is 1. The van der Waals surface area contributed by atoms with Gasteiger partial charge in [0.15, 0.2) is 6.73 Å². The fraction of sp³-hybridized carbons (Fsp3) is 0.188. The van der Waals surface area contributed by atoms with Gasteiger partial charge in [0.2, 0.25) is 0 Å². The summed E-state index contributed by atoms with van der Waals surface area (Å²) < 4.78 is 5.51. The number of nitrogens with zero attached hydrogens (tertiary/aromatic N) is 1. The minimum atomic E-state index is -0.576. The molecule has 0 fully saturated rings. The highest BCUT2D eigenvalue weighted by atomic mass is 16.6. The van der Waals surface area contributed by atoms with Gasteiger partial charge in [0.25, 0.3) is 5.69 Å². The van der Waals surface area contributed by atoms with Crippen LogP contribution in [0.1, 0.15) is 12.5 Å². The lowest BCUT2D eigenvalue weighted by Crippen LogP contribution is -2.32. The first-order valence-corrected chi connectivity index (χ1v) is 7.10. The summed E-state index contributed by atoms with van der Waals surface area (Å²) in [7, 11) is 0. The van der Waals surface area contributed by atoms with Crippen LogP contribution in [-0.4, -0.2) is 17.7 Å².